The fourth-order valence-corrected chi connectivity index (χ4v) is 2.81. The van der Waals surface area contributed by atoms with Gasteiger partial charge in [0.1, 0.15) is 11.6 Å². The fraction of sp³-hybridized carbons (Fsp3) is 0.211. The third-order valence-electron chi connectivity index (χ3n) is 4.02. The molecule has 0 saturated carbocycles. The van der Waals surface area contributed by atoms with Gasteiger partial charge >= 0.3 is 6.61 Å². The first-order valence-electron chi connectivity index (χ1n) is 8.33. The molecule has 8 heteroatoms. The molecule has 0 saturated heterocycles. The van der Waals surface area contributed by atoms with Gasteiger partial charge in [-0.3, -0.25) is 4.79 Å². The number of benzene rings is 2. The number of hydrogen-bond acceptors (Lipinski definition) is 4. The van der Waals surface area contributed by atoms with Crippen LogP contribution in [0.4, 0.5) is 8.78 Å². The molecule has 1 aromatic heterocycles. The number of nitrogens with one attached hydrogen (secondary N) is 1. The average molecular weight is 372 g/mol. The number of imidazole rings is 1. The first-order chi connectivity index (χ1) is 13.0. The molecule has 0 unspecified atom stereocenters. The smallest absolute Gasteiger partial charge is 0.387 e. The maximum absolute atomic E-state index is 12.4. The van der Waals surface area contributed by atoms with Gasteiger partial charge < -0.3 is 9.30 Å². The molecule has 6 nitrogen and oxygen atoms in total. The Balaban J connectivity index is 1.75. The quantitative estimate of drug-likeness (QED) is 0.530. The Labute approximate surface area is 154 Å². The Hall–Kier alpha value is -3.29. The van der Waals surface area contributed by atoms with Crippen molar-refractivity contribution in [2.45, 2.75) is 27.0 Å². The molecule has 2 aromatic carbocycles. The van der Waals surface area contributed by atoms with Crippen molar-refractivity contribution in [1.29, 1.82) is 0 Å². The Morgan fingerprint density at radius 3 is 2.85 bits per heavy atom. The summed E-state index contributed by atoms with van der Waals surface area (Å²) < 4.78 is 31.3. The Bertz CT molecular complexity index is 999. The number of hydrogen-bond donors (Lipinski definition) is 1. The Kier molecular flexibility index (Phi) is 5.44. The minimum Gasteiger partial charge on any atom is -0.434 e. The van der Waals surface area contributed by atoms with Gasteiger partial charge in [-0.25, -0.2) is 10.4 Å². The molecule has 0 bridgehead atoms. The highest BCUT2D eigenvalue weighted by molar-refractivity contribution is 5.98. The summed E-state index contributed by atoms with van der Waals surface area (Å²) in [6, 6.07) is 11.4. The van der Waals surface area contributed by atoms with Crippen LogP contribution in [0.25, 0.3) is 11.0 Å². The van der Waals surface area contributed by atoms with E-state index in [1.54, 1.807) is 30.3 Å². The zero-order chi connectivity index (χ0) is 19.4. The molecule has 0 aliphatic carbocycles. The van der Waals surface area contributed by atoms with Gasteiger partial charge in [-0.15, -0.1) is 0 Å². The van der Waals surface area contributed by atoms with Gasteiger partial charge in [0.15, 0.2) is 0 Å². The zero-order valence-corrected chi connectivity index (χ0v) is 14.8. The van der Waals surface area contributed by atoms with E-state index in [0.29, 0.717) is 11.1 Å². The number of nitrogens with zero attached hydrogens (tertiary/aromatic N) is 3. The molecule has 1 heterocycles. The molecule has 0 atom stereocenters. The molecule has 1 N–H and O–H groups in total. The van der Waals surface area contributed by atoms with Gasteiger partial charge in [-0.2, -0.15) is 13.9 Å². The van der Waals surface area contributed by atoms with E-state index in [0.717, 1.165) is 23.4 Å². The van der Waals surface area contributed by atoms with Crippen LogP contribution in [0, 0.1) is 6.92 Å². The van der Waals surface area contributed by atoms with E-state index >= 15 is 0 Å². The van der Waals surface area contributed by atoms with E-state index in [2.05, 4.69) is 24.8 Å². The van der Waals surface area contributed by atoms with Gasteiger partial charge in [-0.1, -0.05) is 12.1 Å². The molecule has 3 rings (SSSR count). The second kappa shape index (κ2) is 7.94. The number of amides is 1. The molecular formula is C19H18F2N4O2. The minimum absolute atomic E-state index is 0.0208. The van der Waals surface area contributed by atoms with Crippen LogP contribution in [-0.4, -0.2) is 28.3 Å². The fourth-order valence-electron chi connectivity index (χ4n) is 2.81. The van der Waals surface area contributed by atoms with Crippen LogP contribution in [0.1, 0.15) is 28.7 Å². The molecule has 0 aliphatic heterocycles. The molecule has 0 spiro atoms. The summed E-state index contributed by atoms with van der Waals surface area (Å²) in [5, 5.41) is 3.83. The lowest BCUT2D eigenvalue weighted by atomic mass is 10.2. The van der Waals surface area contributed by atoms with Gasteiger partial charge in [0.25, 0.3) is 5.91 Å². The van der Waals surface area contributed by atoms with E-state index < -0.39 is 12.5 Å². The number of rotatable bonds is 6. The number of aryl methyl sites for hydroxylation is 2. The number of carbonyl (C=O) groups is 1. The van der Waals surface area contributed by atoms with Crippen molar-refractivity contribution in [1.82, 2.24) is 15.0 Å². The van der Waals surface area contributed by atoms with Crippen molar-refractivity contribution in [3.8, 4) is 5.75 Å². The second-order valence-electron chi connectivity index (χ2n) is 5.72. The SMILES string of the molecule is CCn1c(C)nc2cc(C(=O)NN=Cc3ccccc3OC(F)F)ccc21. The summed E-state index contributed by atoms with van der Waals surface area (Å²) in [5.74, 6) is 0.426. The number of fused-ring (bicyclic) bond motifs is 1. The number of carbonyl (C=O) groups excluding carboxylic acids is 1. The topological polar surface area (TPSA) is 68.5 Å². The molecule has 0 radical (unpaired) electrons. The molecule has 0 aliphatic rings. The van der Waals surface area contributed by atoms with Gasteiger partial charge in [-0.05, 0) is 44.2 Å². The number of ether oxygens (including phenoxy) is 1. The zero-order valence-electron chi connectivity index (χ0n) is 14.8. The Morgan fingerprint density at radius 1 is 1.33 bits per heavy atom. The van der Waals surface area contributed by atoms with Crippen LogP contribution >= 0.6 is 0 Å². The van der Waals surface area contributed by atoms with E-state index in [1.807, 2.05) is 19.9 Å². The number of alkyl halides is 2. The van der Waals surface area contributed by atoms with Crippen LogP contribution in [0.3, 0.4) is 0 Å². The Morgan fingerprint density at radius 2 is 2.11 bits per heavy atom. The minimum atomic E-state index is -2.94. The number of hydrazone groups is 1. The maximum Gasteiger partial charge on any atom is 0.387 e. The lowest BCUT2D eigenvalue weighted by molar-refractivity contribution is -0.0499. The van der Waals surface area contributed by atoms with Crippen molar-refractivity contribution >= 4 is 23.2 Å². The van der Waals surface area contributed by atoms with E-state index in [9.17, 15) is 13.6 Å². The van der Waals surface area contributed by atoms with Crippen LogP contribution in [0.5, 0.6) is 5.75 Å². The number of halogens is 2. The normalized spacial score (nSPS) is 11.4. The first kappa shape index (κ1) is 18.5. The van der Waals surface area contributed by atoms with Crippen molar-refractivity contribution in [2.75, 3.05) is 0 Å². The van der Waals surface area contributed by atoms with Crippen LogP contribution < -0.4 is 10.2 Å². The van der Waals surface area contributed by atoms with E-state index in [4.69, 9.17) is 0 Å². The van der Waals surface area contributed by atoms with E-state index in [-0.39, 0.29) is 5.75 Å². The summed E-state index contributed by atoms with van der Waals surface area (Å²) in [4.78, 5) is 16.7. The standard InChI is InChI=1S/C19H18F2N4O2/c1-3-25-12(2)23-15-10-13(8-9-16(15)25)18(26)24-22-11-14-6-4-5-7-17(14)27-19(20)21/h4-11,19H,3H2,1-2H3,(H,24,26). The van der Waals surface area contributed by atoms with Crippen molar-refractivity contribution in [2.24, 2.45) is 5.10 Å². The summed E-state index contributed by atoms with van der Waals surface area (Å²) >= 11 is 0. The van der Waals surface area contributed by atoms with Crippen molar-refractivity contribution < 1.29 is 18.3 Å². The summed E-state index contributed by atoms with van der Waals surface area (Å²) in [6.07, 6.45) is 1.25. The van der Waals surface area contributed by atoms with Crippen LogP contribution in [0.2, 0.25) is 0 Å². The molecule has 1 amide bonds. The second-order valence-corrected chi connectivity index (χ2v) is 5.72. The third-order valence-corrected chi connectivity index (χ3v) is 4.02. The molecular weight excluding hydrogens is 354 g/mol. The van der Waals surface area contributed by atoms with Crippen LogP contribution in [0.15, 0.2) is 47.6 Å². The summed E-state index contributed by atoms with van der Waals surface area (Å²) in [7, 11) is 0. The number of para-hydroxylation sites is 1. The highest BCUT2D eigenvalue weighted by Crippen LogP contribution is 2.19. The number of aromatic nitrogens is 2. The maximum atomic E-state index is 12.4. The van der Waals surface area contributed by atoms with Crippen molar-refractivity contribution in [3.05, 3.63) is 59.4 Å². The molecule has 3 aromatic rings. The molecule has 27 heavy (non-hydrogen) atoms. The third kappa shape index (κ3) is 4.11. The summed E-state index contributed by atoms with van der Waals surface area (Å²) in [5.41, 5.74) is 4.78. The highest BCUT2D eigenvalue weighted by atomic mass is 19.3. The van der Waals surface area contributed by atoms with E-state index in [1.165, 1.54) is 12.3 Å². The van der Waals surface area contributed by atoms with Crippen LogP contribution in [-0.2, 0) is 6.54 Å². The largest absolute Gasteiger partial charge is 0.434 e. The van der Waals surface area contributed by atoms with Gasteiger partial charge in [0, 0.05) is 17.7 Å². The molecule has 140 valence electrons. The monoisotopic (exact) mass is 372 g/mol. The lowest BCUT2D eigenvalue weighted by Gasteiger charge is -2.07. The summed E-state index contributed by atoms with van der Waals surface area (Å²) in [6.45, 7) is 1.79. The molecule has 0 fully saturated rings. The predicted molar refractivity (Wildman–Crippen MR) is 98.3 cm³/mol. The van der Waals surface area contributed by atoms with Crippen molar-refractivity contribution in [3.63, 3.8) is 0 Å². The average Bonchev–Trinajstić information content (AvgIpc) is 2.96. The van der Waals surface area contributed by atoms with Gasteiger partial charge in [0.05, 0.1) is 17.2 Å². The first-order valence-corrected chi connectivity index (χ1v) is 8.33. The predicted octanol–water partition coefficient (Wildman–Crippen LogP) is 3.73. The lowest BCUT2D eigenvalue weighted by Crippen LogP contribution is -2.17. The highest BCUT2D eigenvalue weighted by Gasteiger charge is 2.11. The van der Waals surface area contributed by atoms with Gasteiger partial charge in [0.2, 0.25) is 0 Å².